The summed E-state index contributed by atoms with van der Waals surface area (Å²) in [6, 6.07) is -1.27. The Morgan fingerprint density at radius 3 is 2.40 bits per heavy atom. The largest absolute Gasteiger partial charge is 0.480 e. The zero-order chi connectivity index (χ0) is 11.8. The smallest absolute Gasteiger partial charge is 0.329 e. The SMILES string of the molecule is NC(N)=NCCCC(N=S(=O)=O)C(=O)O. The van der Waals surface area contributed by atoms with Crippen molar-refractivity contribution in [3.63, 3.8) is 0 Å². The van der Waals surface area contributed by atoms with Crippen LogP contribution in [0.3, 0.4) is 0 Å². The Morgan fingerprint density at radius 2 is 2.00 bits per heavy atom. The summed E-state index contributed by atoms with van der Waals surface area (Å²) in [7, 11) is -2.72. The summed E-state index contributed by atoms with van der Waals surface area (Å²) in [5.41, 5.74) is 10.1. The fraction of sp³-hybridized carbons (Fsp3) is 0.667. The zero-order valence-corrected chi connectivity index (χ0v) is 8.64. The van der Waals surface area contributed by atoms with Crippen LogP contribution in [0.2, 0.25) is 0 Å². The van der Waals surface area contributed by atoms with Gasteiger partial charge in [0.2, 0.25) is 0 Å². The van der Waals surface area contributed by atoms with Gasteiger partial charge in [-0.1, -0.05) is 0 Å². The summed E-state index contributed by atoms with van der Waals surface area (Å²) in [5, 5.41) is 8.58. The Morgan fingerprint density at radius 1 is 1.40 bits per heavy atom. The maximum absolute atomic E-state index is 10.5. The first-order valence-corrected chi connectivity index (χ1v) is 5.05. The molecule has 0 bridgehead atoms. The molecule has 0 spiro atoms. The molecule has 9 heteroatoms. The number of aliphatic carboxylic acids is 1. The van der Waals surface area contributed by atoms with Crippen LogP contribution in [0.5, 0.6) is 0 Å². The topological polar surface area (TPSA) is 148 Å². The van der Waals surface area contributed by atoms with Crippen LogP contribution < -0.4 is 11.5 Å². The minimum absolute atomic E-state index is 0.0695. The van der Waals surface area contributed by atoms with Gasteiger partial charge in [0.15, 0.2) is 12.0 Å². The summed E-state index contributed by atoms with van der Waals surface area (Å²) < 4.78 is 23.3. The van der Waals surface area contributed by atoms with E-state index >= 15 is 0 Å². The van der Waals surface area contributed by atoms with Crippen LogP contribution in [0.25, 0.3) is 0 Å². The van der Waals surface area contributed by atoms with Crippen molar-refractivity contribution in [1.29, 1.82) is 0 Å². The van der Waals surface area contributed by atoms with Crippen LogP contribution in [0.15, 0.2) is 9.36 Å². The summed E-state index contributed by atoms with van der Waals surface area (Å²) in [6.07, 6.45) is 0.412. The third-order valence-corrected chi connectivity index (χ3v) is 1.86. The van der Waals surface area contributed by atoms with Crippen molar-refractivity contribution >= 4 is 22.4 Å². The second kappa shape index (κ2) is 6.76. The molecule has 0 aromatic carbocycles. The second-order valence-electron chi connectivity index (χ2n) is 2.63. The molecule has 0 aliphatic carbocycles. The van der Waals surface area contributed by atoms with Gasteiger partial charge in [-0.3, -0.25) is 4.99 Å². The molecule has 0 aliphatic rings. The number of carboxylic acid groups (broad SMARTS) is 1. The highest BCUT2D eigenvalue weighted by Gasteiger charge is 2.15. The van der Waals surface area contributed by atoms with Crippen molar-refractivity contribution in [2.75, 3.05) is 6.54 Å². The molecule has 0 heterocycles. The Labute approximate surface area is 87.7 Å². The Kier molecular flexibility index (Phi) is 6.02. The van der Waals surface area contributed by atoms with Crippen molar-refractivity contribution < 1.29 is 18.3 Å². The van der Waals surface area contributed by atoms with E-state index in [1.54, 1.807) is 0 Å². The van der Waals surface area contributed by atoms with E-state index in [0.717, 1.165) is 0 Å². The van der Waals surface area contributed by atoms with Gasteiger partial charge >= 0.3 is 16.5 Å². The Hall–Kier alpha value is -1.64. The maximum Gasteiger partial charge on any atom is 0.329 e. The highest BCUT2D eigenvalue weighted by Crippen LogP contribution is 2.02. The molecule has 15 heavy (non-hydrogen) atoms. The van der Waals surface area contributed by atoms with E-state index < -0.39 is 22.5 Å². The van der Waals surface area contributed by atoms with Crippen LogP contribution in [-0.2, 0) is 15.3 Å². The normalized spacial score (nSPS) is 11.5. The van der Waals surface area contributed by atoms with E-state index in [9.17, 15) is 13.2 Å². The Bertz CT molecular complexity index is 363. The molecular formula is C6H12N4O4S. The van der Waals surface area contributed by atoms with Gasteiger partial charge in [-0.05, 0) is 12.8 Å². The van der Waals surface area contributed by atoms with Crippen molar-refractivity contribution in [2.24, 2.45) is 20.8 Å². The van der Waals surface area contributed by atoms with Gasteiger partial charge in [-0.2, -0.15) is 12.8 Å². The standard InChI is InChI=1S/C6H12N4O4S/c7-6(8)9-3-1-2-4(5(11)12)10-15(13)14/h4H,1-3H2,(H,11,12)(H4,7,8,9). The molecular weight excluding hydrogens is 224 g/mol. The van der Waals surface area contributed by atoms with Crippen LogP contribution in [-0.4, -0.2) is 38.0 Å². The van der Waals surface area contributed by atoms with Crippen molar-refractivity contribution in [2.45, 2.75) is 18.9 Å². The molecule has 0 amide bonds. The summed E-state index contributed by atoms with van der Waals surface area (Å²) in [5.74, 6) is -1.38. The quantitative estimate of drug-likeness (QED) is 0.292. The van der Waals surface area contributed by atoms with Gasteiger partial charge in [0.05, 0.1) is 0 Å². The number of aliphatic imine (C=N–C) groups is 1. The highest BCUT2D eigenvalue weighted by molar-refractivity contribution is 7.61. The number of rotatable bonds is 6. The minimum Gasteiger partial charge on any atom is -0.480 e. The molecule has 1 unspecified atom stereocenters. The molecule has 0 saturated heterocycles. The number of guanidine groups is 1. The fourth-order valence-corrected chi connectivity index (χ4v) is 1.22. The van der Waals surface area contributed by atoms with E-state index in [4.69, 9.17) is 16.6 Å². The van der Waals surface area contributed by atoms with Gasteiger partial charge in [0.25, 0.3) is 0 Å². The maximum atomic E-state index is 10.5. The summed E-state index contributed by atoms with van der Waals surface area (Å²) in [6.45, 7) is 0.243. The molecule has 0 radical (unpaired) electrons. The van der Waals surface area contributed by atoms with E-state index in [1.165, 1.54) is 0 Å². The van der Waals surface area contributed by atoms with Crippen LogP contribution in [0.4, 0.5) is 0 Å². The van der Waals surface area contributed by atoms with E-state index in [1.807, 2.05) is 0 Å². The molecule has 5 N–H and O–H groups in total. The molecule has 0 fully saturated rings. The average Bonchev–Trinajstić information content (AvgIpc) is 2.08. The van der Waals surface area contributed by atoms with Gasteiger partial charge < -0.3 is 16.6 Å². The van der Waals surface area contributed by atoms with Crippen molar-refractivity contribution in [3.8, 4) is 0 Å². The molecule has 0 saturated carbocycles. The van der Waals surface area contributed by atoms with E-state index in [-0.39, 0.29) is 18.9 Å². The third kappa shape index (κ3) is 7.43. The van der Waals surface area contributed by atoms with E-state index in [0.29, 0.717) is 6.42 Å². The number of nitrogens with two attached hydrogens (primary N) is 2. The highest BCUT2D eigenvalue weighted by atomic mass is 32.2. The van der Waals surface area contributed by atoms with Gasteiger partial charge in [0, 0.05) is 6.54 Å². The van der Waals surface area contributed by atoms with Gasteiger partial charge in [0.1, 0.15) is 0 Å². The fourth-order valence-electron chi connectivity index (χ4n) is 0.818. The second-order valence-corrected chi connectivity index (χ2v) is 3.27. The number of hydrogen-bond donors (Lipinski definition) is 3. The molecule has 1 atom stereocenters. The lowest BCUT2D eigenvalue weighted by molar-refractivity contribution is -0.138. The van der Waals surface area contributed by atoms with Crippen LogP contribution in [0, 0.1) is 0 Å². The number of carboxylic acids is 1. The molecule has 0 aromatic rings. The monoisotopic (exact) mass is 236 g/mol. The lowest BCUT2D eigenvalue weighted by Crippen LogP contribution is -2.23. The predicted octanol–water partition coefficient (Wildman–Crippen LogP) is -1.44. The summed E-state index contributed by atoms with van der Waals surface area (Å²) in [4.78, 5) is 14.1. The lowest BCUT2D eigenvalue weighted by Gasteiger charge is -2.02. The first kappa shape index (κ1) is 13.4. The first-order valence-electron chi connectivity index (χ1n) is 4.02. The molecule has 0 aliphatic heterocycles. The van der Waals surface area contributed by atoms with Crippen molar-refractivity contribution in [1.82, 2.24) is 0 Å². The number of hydrogen-bond acceptors (Lipinski definition) is 5. The third-order valence-electron chi connectivity index (χ3n) is 1.43. The van der Waals surface area contributed by atoms with Crippen LogP contribution >= 0.6 is 0 Å². The molecule has 86 valence electrons. The minimum atomic E-state index is -2.72. The Balaban J connectivity index is 4.16. The molecule has 0 rings (SSSR count). The van der Waals surface area contributed by atoms with Gasteiger partial charge in [-0.15, -0.1) is 0 Å². The van der Waals surface area contributed by atoms with Gasteiger partial charge in [-0.25, -0.2) is 4.79 Å². The number of carbonyl (C=O) groups is 1. The van der Waals surface area contributed by atoms with E-state index in [2.05, 4.69) is 9.36 Å². The predicted molar refractivity (Wildman–Crippen MR) is 52.7 cm³/mol. The van der Waals surface area contributed by atoms with Crippen molar-refractivity contribution in [3.05, 3.63) is 0 Å². The first-order chi connectivity index (χ1) is 6.93. The molecule has 8 nitrogen and oxygen atoms in total. The van der Waals surface area contributed by atoms with Crippen LogP contribution in [0.1, 0.15) is 12.8 Å². The average molecular weight is 236 g/mol. The summed E-state index contributed by atoms with van der Waals surface area (Å²) >= 11 is 0. The zero-order valence-electron chi connectivity index (χ0n) is 7.83. The molecule has 0 aromatic heterocycles. The number of nitrogens with zero attached hydrogens (tertiary/aromatic N) is 2. The lowest BCUT2D eigenvalue weighted by atomic mass is 10.2.